The second kappa shape index (κ2) is 4.62. The number of hydrogen-bond donors (Lipinski definition) is 1. The van der Waals surface area contributed by atoms with E-state index in [0.29, 0.717) is 29.4 Å². The molecule has 0 aromatic carbocycles. The van der Waals surface area contributed by atoms with Crippen molar-refractivity contribution < 1.29 is 4.79 Å². The second-order valence-electron chi connectivity index (χ2n) is 4.10. The number of fused-ring (bicyclic) bond motifs is 2. The highest BCUT2D eigenvalue weighted by Crippen LogP contribution is 2.35. The van der Waals surface area contributed by atoms with Crippen molar-refractivity contribution in [2.75, 3.05) is 16.8 Å². The fourth-order valence-electron chi connectivity index (χ4n) is 2.11. The summed E-state index contributed by atoms with van der Waals surface area (Å²) in [7, 11) is 0. The molecule has 0 radical (unpaired) electrons. The Morgan fingerprint density at radius 3 is 3.00 bits per heavy atom. The van der Waals surface area contributed by atoms with Crippen LogP contribution in [0.3, 0.4) is 0 Å². The number of rotatable bonds is 1. The van der Waals surface area contributed by atoms with Crippen LogP contribution in [0.2, 0.25) is 0 Å². The number of nitrogens with one attached hydrogen (secondary N) is 1. The van der Waals surface area contributed by atoms with Gasteiger partial charge < -0.3 is 10.2 Å². The van der Waals surface area contributed by atoms with Crippen LogP contribution >= 0.6 is 15.9 Å². The van der Waals surface area contributed by atoms with Crippen molar-refractivity contribution in [1.82, 2.24) is 9.97 Å². The number of halogens is 1. The fourth-order valence-corrected chi connectivity index (χ4v) is 2.44. The molecule has 0 unspecified atom stereocenters. The van der Waals surface area contributed by atoms with E-state index in [2.05, 4.69) is 31.2 Å². The van der Waals surface area contributed by atoms with E-state index in [1.54, 1.807) is 24.5 Å². The number of anilines is 3. The topological polar surface area (TPSA) is 58.1 Å². The van der Waals surface area contributed by atoms with Gasteiger partial charge in [0.1, 0.15) is 5.82 Å². The Hall–Kier alpha value is -1.95. The van der Waals surface area contributed by atoms with E-state index in [1.807, 2.05) is 17.9 Å². The van der Waals surface area contributed by atoms with Gasteiger partial charge in [-0.15, -0.1) is 0 Å². The summed E-state index contributed by atoms with van der Waals surface area (Å²) in [5, 5.41) is 2.87. The first-order chi connectivity index (χ1) is 9.20. The van der Waals surface area contributed by atoms with E-state index in [4.69, 9.17) is 0 Å². The van der Waals surface area contributed by atoms with Gasteiger partial charge in [-0.1, -0.05) is 0 Å². The van der Waals surface area contributed by atoms with E-state index in [0.717, 1.165) is 4.47 Å². The van der Waals surface area contributed by atoms with Crippen LogP contribution < -0.4 is 10.2 Å². The molecule has 6 heteroatoms. The van der Waals surface area contributed by atoms with Gasteiger partial charge in [0.05, 0.1) is 11.3 Å². The summed E-state index contributed by atoms with van der Waals surface area (Å²) in [6, 6.07) is 5.41. The predicted octanol–water partition coefficient (Wildman–Crippen LogP) is 2.96. The first-order valence-electron chi connectivity index (χ1n) is 5.90. The lowest BCUT2D eigenvalue weighted by molar-refractivity contribution is 0.102. The summed E-state index contributed by atoms with van der Waals surface area (Å²) < 4.78 is 0.774. The average Bonchev–Trinajstić information content (AvgIpc) is 2.53. The number of carbonyl (C=O) groups is 1. The highest BCUT2D eigenvalue weighted by atomic mass is 79.9. The van der Waals surface area contributed by atoms with Gasteiger partial charge >= 0.3 is 0 Å². The van der Waals surface area contributed by atoms with Gasteiger partial charge in [0.25, 0.3) is 5.91 Å². The highest BCUT2D eigenvalue weighted by Gasteiger charge is 2.26. The smallest absolute Gasteiger partial charge is 0.259 e. The molecule has 0 spiro atoms. The summed E-state index contributed by atoms with van der Waals surface area (Å²) in [4.78, 5) is 22.9. The van der Waals surface area contributed by atoms with Crippen LogP contribution in [0.5, 0.6) is 0 Å². The van der Waals surface area contributed by atoms with Crippen molar-refractivity contribution in [3.63, 3.8) is 0 Å². The Kier molecular flexibility index (Phi) is 2.94. The zero-order valence-corrected chi connectivity index (χ0v) is 11.8. The number of nitrogens with zero attached hydrogens (tertiary/aromatic N) is 3. The maximum absolute atomic E-state index is 12.3. The minimum Gasteiger partial charge on any atom is -0.319 e. The SMILES string of the molecule is CCN1c2ncccc2NC(=O)c2cc(Br)cnc21. The van der Waals surface area contributed by atoms with Crippen LogP contribution in [0.4, 0.5) is 17.3 Å². The number of hydrogen-bond acceptors (Lipinski definition) is 4. The van der Waals surface area contributed by atoms with Crippen LogP contribution in [-0.4, -0.2) is 22.4 Å². The number of pyridine rings is 2. The third-order valence-electron chi connectivity index (χ3n) is 2.94. The van der Waals surface area contributed by atoms with E-state index in [1.165, 1.54) is 0 Å². The van der Waals surface area contributed by atoms with Gasteiger partial charge in [-0.25, -0.2) is 9.97 Å². The van der Waals surface area contributed by atoms with E-state index < -0.39 is 0 Å². The van der Waals surface area contributed by atoms with Crippen molar-refractivity contribution in [2.45, 2.75) is 6.92 Å². The first-order valence-corrected chi connectivity index (χ1v) is 6.69. The molecule has 19 heavy (non-hydrogen) atoms. The molecule has 0 saturated carbocycles. The molecule has 0 aliphatic carbocycles. The molecule has 3 heterocycles. The maximum Gasteiger partial charge on any atom is 0.259 e. The molecule has 3 rings (SSSR count). The summed E-state index contributed by atoms with van der Waals surface area (Å²) >= 11 is 3.34. The van der Waals surface area contributed by atoms with Crippen molar-refractivity contribution in [3.8, 4) is 0 Å². The van der Waals surface area contributed by atoms with E-state index >= 15 is 0 Å². The predicted molar refractivity (Wildman–Crippen MR) is 76.8 cm³/mol. The molecule has 0 saturated heterocycles. The molecular weight excluding hydrogens is 308 g/mol. The van der Waals surface area contributed by atoms with Gasteiger partial charge in [-0.05, 0) is 41.1 Å². The Labute approximate surface area is 118 Å². The third kappa shape index (κ3) is 1.98. The third-order valence-corrected chi connectivity index (χ3v) is 3.37. The minimum atomic E-state index is -0.172. The average molecular weight is 319 g/mol. The zero-order chi connectivity index (χ0) is 13.4. The van der Waals surface area contributed by atoms with Crippen molar-refractivity contribution in [1.29, 1.82) is 0 Å². The quantitative estimate of drug-likeness (QED) is 0.878. The molecule has 5 nitrogen and oxygen atoms in total. The van der Waals surface area contributed by atoms with Gasteiger partial charge in [0.15, 0.2) is 5.82 Å². The molecule has 0 atom stereocenters. The van der Waals surface area contributed by atoms with Crippen molar-refractivity contribution >= 4 is 39.2 Å². The molecular formula is C13H11BrN4O. The fraction of sp³-hybridized carbons (Fsp3) is 0.154. The van der Waals surface area contributed by atoms with Gasteiger partial charge in [0, 0.05) is 23.4 Å². The summed E-state index contributed by atoms with van der Waals surface area (Å²) in [6.45, 7) is 2.68. The van der Waals surface area contributed by atoms with Crippen LogP contribution in [0.1, 0.15) is 17.3 Å². The Bertz CT molecular complexity index is 659. The lowest BCUT2D eigenvalue weighted by Gasteiger charge is -2.21. The molecule has 0 bridgehead atoms. The number of aromatic nitrogens is 2. The van der Waals surface area contributed by atoms with Crippen LogP contribution in [-0.2, 0) is 0 Å². The standard InChI is InChI=1S/C13H11BrN4O/c1-2-18-11-9(6-8(14)7-16-11)13(19)17-10-4-3-5-15-12(10)18/h3-7H,2H2,1H3,(H,17,19). The minimum absolute atomic E-state index is 0.172. The van der Waals surface area contributed by atoms with Crippen molar-refractivity contribution in [3.05, 3.63) is 40.6 Å². The molecule has 96 valence electrons. The van der Waals surface area contributed by atoms with E-state index in [9.17, 15) is 4.79 Å². The van der Waals surface area contributed by atoms with Gasteiger partial charge in [-0.2, -0.15) is 0 Å². The highest BCUT2D eigenvalue weighted by molar-refractivity contribution is 9.10. The van der Waals surface area contributed by atoms with Gasteiger partial charge in [-0.3, -0.25) is 4.79 Å². The first kappa shape index (κ1) is 12.1. The molecule has 1 amide bonds. The number of carbonyl (C=O) groups excluding carboxylic acids is 1. The molecule has 1 N–H and O–H groups in total. The maximum atomic E-state index is 12.3. The largest absolute Gasteiger partial charge is 0.319 e. The monoisotopic (exact) mass is 318 g/mol. The number of amides is 1. The molecule has 0 fully saturated rings. The van der Waals surface area contributed by atoms with Crippen LogP contribution in [0.15, 0.2) is 35.1 Å². The molecule has 2 aromatic rings. The van der Waals surface area contributed by atoms with Crippen LogP contribution in [0.25, 0.3) is 0 Å². The van der Waals surface area contributed by atoms with E-state index in [-0.39, 0.29) is 5.91 Å². The second-order valence-corrected chi connectivity index (χ2v) is 5.01. The Morgan fingerprint density at radius 1 is 1.37 bits per heavy atom. The Morgan fingerprint density at radius 2 is 2.21 bits per heavy atom. The molecule has 2 aromatic heterocycles. The summed E-state index contributed by atoms with van der Waals surface area (Å²) in [6.07, 6.45) is 3.39. The van der Waals surface area contributed by atoms with Crippen molar-refractivity contribution in [2.24, 2.45) is 0 Å². The van der Waals surface area contributed by atoms with Gasteiger partial charge in [0.2, 0.25) is 0 Å². The molecule has 1 aliphatic rings. The lowest BCUT2D eigenvalue weighted by atomic mass is 10.2. The Balaban J connectivity index is 2.26. The normalized spacial score (nSPS) is 13.4. The summed E-state index contributed by atoms with van der Waals surface area (Å²) in [5.41, 5.74) is 1.23. The molecule has 1 aliphatic heterocycles. The van der Waals surface area contributed by atoms with Crippen LogP contribution in [0, 0.1) is 0 Å². The summed E-state index contributed by atoms with van der Waals surface area (Å²) in [5.74, 6) is 1.17. The zero-order valence-electron chi connectivity index (χ0n) is 10.2. The lowest BCUT2D eigenvalue weighted by Crippen LogP contribution is -2.19.